The van der Waals surface area contributed by atoms with Crippen LogP contribution in [0.25, 0.3) is 87.6 Å². The van der Waals surface area contributed by atoms with Gasteiger partial charge in [-0.2, -0.15) is 0 Å². The van der Waals surface area contributed by atoms with Crippen LogP contribution in [0.5, 0.6) is 0 Å². The second-order valence-corrected chi connectivity index (χ2v) is 14.9. The first-order chi connectivity index (χ1) is 25.8. The van der Waals surface area contributed by atoms with Crippen molar-refractivity contribution >= 4 is 96.3 Å². The molecule has 0 fully saturated rings. The Morgan fingerprint density at radius 1 is 0.340 bits per heavy atom. The van der Waals surface area contributed by atoms with E-state index in [0.717, 1.165) is 32.7 Å². The SMILES string of the molecule is [B]c1c([B])c(-c2c3ccccc3c(-c3cc4ccccc4c4ccccc34)c3ccccc23)c([B])c([B])c1-c1ccc2c(c1)C(C)(C)c1ccccc1-2. The summed E-state index contributed by atoms with van der Waals surface area (Å²) in [6.45, 7) is 4.53. The second-order valence-electron chi connectivity index (χ2n) is 14.9. The zero-order valence-corrected chi connectivity index (χ0v) is 29.7. The van der Waals surface area contributed by atoms with Crippen molar-refractivity contribution in [2.75, 3.05) is 0 Å². The maximum absolute atomic E-state index is 7.16. The van der Waals surface area contributed by atoms with Gasteiger partial charge in [0.05, 0.1) is 0 Å². The summed E-state index contributed by atoms with van der Waals surface area (Å²) in [5.41, 5.74) is 12.0. The van der Waals surface area contributed by atoms with Gasteiger partial charge in [0.15, 0.2) is 0 Å². The molecule has 4 heteroatoms. The monoisotopic (exact) mass is 662 g/mol. The summed E-state index contributed by atoms with van der Waals surface area (Å²) >= 11 is 0. The first-order valence-corrected chi connectivity index (χ1v) is 18.1. The lowest BCUT2D eigenvalue weighted by Crippen LogP contribution is -2.44. The predicted molar refractivity (Wildman–Crippen MR) is 232 cm³/mol. The number of rotatable bonds is 3. The first-order valence-electron chi connectivity index (χ1n) is 18.1. The van der Waals surface area contributed by atoms with E-state index in [0.29, 0.717) is 33.0 Å². The van der Waals surface area contributed by atoms with Crippen LogP contribution in [-0.2, 0) is 5.41 Å². The standard InChI is InChI=1S/C49H30B4/c1-49(2)39-22-12-11-17-32(39)33-24-23-28(26-40(33)49)41-45(50)47(52)44(48(53)46(41)51)43-36-20-9-7-18-34(36)42(35-19-8-10-21-37(35)43)38-25-27-13-3-4-14-29(27)30-15-5-6-16-31(30)38/h3-26H,1-2H3. The van der Waals surface area contributed by atoms with Crippen LogP contribution in [0.15, 0.2) is 146 Å². The summed E-state index contributed by atoms with van der Waals surface area (Å²) in [5, 5.41) is 9.11. The summed E-state index contributed by atoms with van der Waals surface area (Å²) in [6, 6.07) is 51.7. The van der Waals surface area contributed by atoms with Crippen LogP contribution in [0.2, 0.25) is 0 Å². The van der Waals surface area contributed by atoms with Gasteiger partial charge in [0.25, 0.3) is 0 Å². The molecule has 9 aromatic carbocycles. The van der Waals surface area contributed by atoms with Crippen molar-refractivity contribution in [2.45, 2.75) is 19.3 Å². The quantitative estimate of drug-likeness (QED) is 0.101. The molecule has 0 heterocycles. The van der Waals surface area contributed by atoms with Gasteiger partial charge in [0.2, 0.25) is 0 Å². The number of fused-ring (bicyclic) bond motifs is 8. The molecule has 0 N–H and O–H groups in total. The van der Waals surface area contributed by atoms with Crippen LogP contribution in [0.4, 0.5) is 0 Å². The Labute approximate surface area is 315 Å². The van der Waals surface area contributed by atoms with Gasteiger partial charge in [-0.3, -0.25) is 0 Å². The fraction of sp³-hybridized carbons (Fsp3) is 0.0612. The Kier molecular flexibility index (Phi) is 7.02. The van der Waals surface area contributed by atoms with Gasteiger partial charge >= 0.3 is 0 Å². The normalized spacial score (nSPS) is 13.2. The molecule has 9 aromatic rings. The van der Waals surface area contributed by atoms with E-state index in [4.69, 9.17) is 31.4 Å². The highest BCUT2D eigenvalue weighted by Crippen LogP contribution is 2.50. The van der Waals surface area contributed by atoms with Crippen LogP contribution in [0, 0.1) is 0 Å². The van der Waals surface area contributed by atoms with Crippen LogP contribution < -0.4 is 21.9 Å². The Hall–Kier alpha value is -5.72. The summed E-state index contributed by atoms with van der Waals surface area (Å²) in [7, 11) is 28.5. The van der Waals surface area contributed by atoms with Gasteiger partial charge in [-0.1, -0.05) is 169 Å². The lowest BCUT2D eigenvalue weighted by atomic mass is 9.61. The third-order valence-corrected chi connectivity index (χ3v) is 11.7. The summed E-state index contributed by atoms with van der Waals surface area (Å²) in [4.78, 5) is 0. The molecule has 0 unspecified atom stereocenters. The molecule has 238 valence electrons. The molecule has 0 atom stereocenters. The van der Waals surface area contributed by atoms with E-state index in [-0.39, 0.29) is 5.41 Å². The second kappa shape index (κ2) is 11.6. The molecule has 0 bridgehead atoms. The van der Waals surface area contributed by atoms with Crippen LogP contribution in [0.1, 0.15) is 25.0 Å². The van der Waals surface area contributed by atoms with E-state index in [2.05, 4.69) is 159 Å². The molecule has 1 aliphatic rings. The first kappa shape index (κ1) is 32.0. The highest BCUT2D eigenvalue weighted by atomic mass is 14.4. The third-order valence-electron chi connectivity index (χ3n) is 11.7. The molecule has 0 saturated carbocycles. The van der Waals surface area contributed by atoms with Gasteiger partial charge in [-0.25, -0.2) is 0 Å². The molecule has 0 spiro atoms. The van der Waals surface area contributed by atoms with E-state index in [1.165, 1.54) is 54.9 Å². The molecule has 0 aromatic heterocycles. The third kappa shape index (κ3) is 4.48. The molecule has 8 radical (unpaired) electrons. The van der Waals surface area contributed by atoms with Crippen molar-refractivity contribution < 1.29 is 0 Å². The maximum Gasteiger partial charge on any atom is 0.113 e. The van der Waals surface area contributed by atoms with Gasteiger partial charge < -0.3 is 0 Å². The average molecular weight is 662 g/mol. The molecule has 0 nitrogen and oxygen atoms in total. The Morgan fingerprint density at radius 3 is 1.45 bits per heavy atom. The van der Waals surface area contributed by atoms with Crippen molar-refractivity contribution in [3.8, 4) is 44.5 Å². The molecule has 0 amide bonds. The highest BCUT2D eigenvalue weighted by molar-refractivity contribution is 6.63. The molecular formula is C49H30B4. The van der Waals surface area contributed by atoms with Gasteiger partial charge in [-0.15, -0.1) is 0 Å². The predicted octanol–water partition coefficient (Wildman–Crippen LogP) is 8.78. The average Bonchev–Trinajstić information content (AvgIpc) is 3.42. The van der Waals surface area contributed by atoms with E-state index < -0.39 is 0 Å². The minimum atomic E-state index is -0.182. The molecule has 53 heavy (non-hydrogen) atoms. The minimum absolute atomic E-state index is 0.182. The van der Waals surface area contributed by atoms with Crippen molar-refractivity contribution in [3.05, 3.63) is 157 Å². The van der Waals surface area contributed by atoms with Crippen LogP contribution >= 0.6 is 0 Å². The van der Waals surface area contributed by atoms with Gasteiger partial charge in [0, 0.05) is 5.41 Å². The fourth-order valence-electron chi connectivity index (χ4n) is 9.22. The van der Waals surface area contributed by atoms with Crippen molar-refractivity contribution in [1.82, 2.24) is 0 Å². The van der Waals surface area contributed by atoms with Crippen LogP contribution in [-0.4, -0.2) is 31.4 Å². The van der Waals surface area contributed by atoms with Gasteiger partial charge in [-0.05, 0) is 111 Å². The summed E-state index contributed by atoms with van der Waals surface area (Å²) in [5.74, 6) is 0. The van der Waals surface area contributed by atoms with E-state index in [1.807, 2.05) is 0 Å². The van der Waals surface area contributed by atoms with Crippen molar-refractivity contribution in [3.63, 3.8) is 0 Å². The Morgan fingerprint density at radius 2 is 0.811 bits per heavy atom. The smallest absolute Gasteiger partial charge is 0.0959 e. The zero-order valence-electron chi connectivity index (χ0n) is 29.7. The molecule has 10 rings (SSSR count). The number of benzene rings is 9. The van der Waals surface area contributed by atoms with Crippen molar-refractivity contribution in [2.24, 2.45) is 0 Å². The lowest BCUT2D eigenvalue weighted by molar-refractivity contribution is 0.660. The largest absolute Gasteiger partial charge is 0.113 e. The fourth-order valence-corrected chi connectivity index (χ4v) is 9.22. The Balaban J connectivity index is 1.24. The van der Waals surface area contributed by atoms with Crippen molar-refractivity contribution in [1.29, 1.82) is 0 Å². The zero-order chi connectivity index (χ0) is 36.2. The summed E-state index contributed by atoms with van der Waals surface area (Å²) in [6.07, 6.45) is 0. The number of hydrogen-bond donors (Lipinski definition) is 0. The Bertz CT molecular complexity index is 2940. The molecule has 0 aliphatic heterocycles. The molecule has 1 aliphatic carbocycles. The number of hydrogen-bond acceptors (Lipinski definition) is 0. The van der Waals surface area contributed by atoms with Gasteiger partial charge in [0.1, 0.15) is 31.4 Å². The maximum atomic E-state index is 7.16. The molecular weight excluding hydrogens is 632 g/mol. The summed E-state index contributed by atoms with van der Waals surface area (Å²) < 4.78 is 0. The van der Waals surface area contributed by atoms with E-state index in [9.17, 15) is 0 Å². The minimum Gasteiger partial charge on any atom is -0.0959 e. The lowest BCUT2D eigenvalue weighted by Gasteiger charge is -2.27. The molecule has 0 saturated heterocycles. The van der Waals surface area contributed by atoms with E-state index >= 15 is 0 Å². The topological polar surface area (TPSA) is 0 Å². The highest BCUT2D eigenvalue weighted by Gasteiger charge is 2.35. The van der Waals surface area contributed by atoms with E-state index in [1.54, 1.807) is 0 Å². The van der Waals surface area contributed by atoms with Crippen LogP contribution in [0.3, 0.4) is 0 Å².